The van der Waals surface area contributed by atoms with Gasteiger partial charge in [-0.2, -0.15) is 10.2 Å². The number of piperazine rings is 1. The van der Waals surface area contributed by atoms with E-state index in [1.807, 2.05) is 48.2 Å². The van der Waals surface area contributed by atoms with E-state index in [-0.39, 0.29) is 0 Å². The first-order valence-electron chi connectivity index (χ1n) is 13.0. The molecular formula is C30H28N8. The second-order valence-electron chi connectivity index (χ2n) is 9.79. The van der Waals surface area contributed by atoms with Crippen molar-refractivity contribution in [2.75, 3.05) is 31.1 Å². The maximum absolute atomic E-state index is 5.01. The van der Waals surface area contributed by atoms with Gasteiger partial charge in [-0.25, -0.2) is 14.5 Å². The molecule has 7 rings (SSSR count). The van der Waals surface area contributed by atoms with Crippen LogP contribution in [0.15, 0.2) is 79.1 Å². The van der Waals surface area contributed by atoms with E-state index < -0.39 is 0 Å². The normalized spacial score (nSPS) is 14.0. The van der Waals surface area contributed by atoms with E-state index in [2.05, 4.69) is 64.7 Å². The number of imidazole rings is 1. The van der Waals surface area contributed by atoms with Crippen molar-refractivity contribution in [1.29, 1.82) is 0 Å². The third-order valence-corrected chi connectivity index (χ3v) is 7.31. The number of benzene rings is 2. The molecule has 0 spiro atoms. The van der Waals surface area contributed by atoms with E-state index in [0.29, 0.717) is 0 Å². The minimum Gasteiger partial charge on any atom is -0.369 e. The molecule has 4 aromatic heterocycles. The van der Waals surface area contributed by atoms with Gasteiger partial charge in [-0.15, -0.1) is 0 Å². The van der Waals surface area contributed by atoms with Gasteiger partial charge >= 0.3 is 0 Å². The van der Waals surface area contributed by atoms with E-state index in [1.165, 1.54) is 5.69 Å². The first kappa shape index (κ1) is 22.6. The number of pyridine rings is 1. The number of hydrogen-bond acceptors (Lipinski definition) is 6. The Kier molecular flexibility index (Phi) is 5.40. The Balaban J connectivity index is 1.31. The summed E-state index contributed by atoms with van der Waals surface area (Å²) in [6, 6.07) is 23.2. The second kappa shape index (κ2) is 9.08. The Morgan fingerprint density at radius 2 is 1.66 bits per heavy atom. The molecule has 188 valence electrons. The lowest BCUT2D eigenvalue weighted by Crippen LogP contribution is -2.43. The minimum absolute atomic E-state index is 0.812. The number of rotatable bonds is 4. The van der Waals surface area contributed by atoms with Crippen LogP contribution < -0.4 is 10.2 Å². The molecule has 1 aliphatic heterocycles. The topological polar surface area (TPSA) is 76.2 Å². The molecular weight excluding hydrogens is 472 g/mol. The van der Waals surface area contributed by atoms with Gasteiger partial charge in [-0.05, 0) is 48.9 Å². The average molecular weight is 501 g/mol. The maximum atomic E-state index is 5.01. The molecule has 0 bridgehead atoms. The van der Waals surface area contributed by atoms with E-state index in [9.17, 15) is 0 Å². The van der Waals surface area contributed by atoms with Crippen molar-refractivity contribution in [2.24, 2.45) is 7.05 Å². The highest BCUT2D eigenvalue weighted by molar-refractivity contribution is 5.96. The summed E-state index contributed by atoms with van der Waals surface area (Å²) in [5.41, 5.74) is 9.81. The van der Waals surface area contributed by atoms with Crippen LogP contribution in [-0.2, 0) is 7.05 Å². The van der Waals surface area contributed by atoms with Gasteiger partial charge in [-0.1, -0.05) is 30.3 Å². The van der Waals surface area contributed by atoms with Crippen molar-refractivity contribution in [3.63, 3.8) is 0 Å². The first-order chi connectivity index (χ1) is 18.6. The van der Waals surface area contributed by atoms with Gasteiger partial charge in [0.2, 0.25) is 0 Å². The molecule has 8 nitrogen and oxygen atoms in total. The zero-order chi connectivity index (χ0) is 25.6. The molecule has 0 unspecified atom stereocenters. The first-order valence-corrected chi connectivity index (χ1v) is 13.0. The Bertz CT molecular complexity index is 1770. The van der Waals surface area contributed by atoms with Crippen LogP contribution in [0.3, 0.4) is 0 Å². The highest BCUT2D eigenvalue weighted by Crippen LogP contribution is 2.33. The summed E-state index contributed by atoms with van der Waals surface area (Å²) in [7, 11) is 1.92. The number of nitrogens with one attached hydrogen (secondary N) is 1. The summed E-state index contributed by atoms with van der Waals surface area (Å²) >= 11 is 0. The molecule has 0 atom stereocenters. The lowest BCUT2D eigenvalue weighted by Gasteiger charge is -2.29. The predicted octanol–water partition coefficient (Wildman–Crippen LogP) is 4.73. The monoisotopic (exact) mass is 500 g/mol. The molecule has 5 heterocycles. The Morgan fingerprint density at radius 1 is 0.842 bits per heavy atom. The third kappa shape index (κ3) is 3.90. The Labute approximate surface area is 220 Å². The highest BCUT2D eigenvalue weighted by Gasteiger charge is 2.17. The number of aryl methyl sites for hydroxylation is 2. The number of aromatic nitrogens is 6. The van der Waals surface area contributed by atoms with Crippen molar-refractivity contribution < 1.29 is 0 Å². The lowest BCUT2D eigenvalue weighted by molar-refractivity contribution is 0.589. The molecule has 2 aromatic carbocycles. The number of anilines is 1. The van der Waals surface area contributed by atoms with Crippen molar-refractivity contribution >= 4 is 22.2 Å². The summed E-state index contributed by atoms with van der Waals surface area (Å²) < 4.78 is 3.74. The molecule has 1 fully saturated rings. The SMILES string of the molecule is Cc1nn2c(-c3cc(-c4ccn(C)n4)nc4ccccc34)cnc2cc1-c1ccc(N2CCNCC2)cc1. The second-order valence-corrected chi connectivity index (χ2v) is 9.79. The fourth-order valence-corrected chi connectivity index (χ4v) is 5.32. The van der Waals surface area contributed by atoms with Crippen molar-refractivity contribution in [3.05, 3.63) is 84.8 Å². The van der Waals surface area contributed by atoms with E-state index >= 15 is 0 Å². The zero-order valence-electron chi connectivity index (χ0n) is 21.5. The lowest BCUT2D eigenvalue weighted by atomic mass is 10.0. The third-order valence-electron chi connectivity index (χ3n) is 7.31. The van der Waals surface area contributed by atoms with Crippen LogP contribution in [0.2, 0.25) is 0 Å². The number of fused-ring (bicyclic) bond motifs is 2. The fraction of sp³-hybridized carbons (Fsp3) is 0.200. The summed E-state index contributed by atoms with van der Waals surface area (Å²) in [6.45, 7) is 6.19. The zero-order valence-corrected chi connectivity index (χ0v) is 21.5. The molecule has 6 aromatic rings. The average Bonchev–Trinajstić information content (AvgIpc) is 3.58. The number of para-hydroxylation sites is 1. The molecule has 1 saturated heterocycles. The largest absolute Gasteiger partial charge is 0.369 e. The van der Waals surface area contributed by atoms with Gasteiger partial charge in [-0.3, -0.25) is 4.68 Å². The molecule has 38 heavy (non-hydrogen) atoms. The Morgan fingerprint density at radius 3 is 2.45 bits per heavy atom. The van der Waals surface area contributed by atoms with Gasteiger partial charge in [0, 0.05) is 61.6 Å². The smallest absolute Gasteiger partial charge is 0.154 e. The highest BCUT2D eigenvalue weighted by atomic mass is 15.3. The van der Waals surface area contributed by atoms with Crippen LogP contribution in [-0.4, -0.2) is 55.5 Å². The molecule has 0 amide bonds. The standard InChI is InChI=1S/C30H28N8/c1-20-24(21-7-9-22(10-8-21)37-15-12-31-13-16-37)18-30-32-19-29(38(30)34-20)25-17-28(27-11-14-36(2)35-27)33-26-6-4-3-5-23(25)26/h3-11,14,17-19,31H,12-13,15-16H2,1-2H3. The predicted molar refractivity (Wildman–Crippen MR) is 151 cm³/mol. The van der Waals surface area contributed by atoms with Crippen LogP contribution in [0.1, 0.15) is 5.69 Å². The van der Waals surface area contributed by atoms with Gasteiger partial charge in [0.25, 0.3) is 0 Å². The molecule has 0 saturated carbocycles. The minimum atomic E-state index is 0.812. The molecule has 8 heteroatoms. The molecule has 1 N–H and O–H groups in total. The van der Waals surface area contributed by atoms with Crippen LogP contribution in [0.25, 0.3) is 50.3 Å². The van der Waals surface area contributed by atoms with Crippen LogP contribution >= 0.6 is 0 Å². The molecule has 0 radical (unpaired) electrons. The van der Waals surface area contributed by atoms with Crippen molar-refractivity contribution in [2.45, 2.75) is 6.92 Å². The van der Waals surface area contributed by atoms with Gasteiger partial charge < -0.3 is 10.2 Å². The van der Waals surface area contributed by atoms with E-state index in [0.717, 1.165) is 82.2 Å². The van der Waals surface area contributed by atoms with E-state index in [1.54, 1.807) is 4.68 Å². The van der Waals surface area contributed by atoms with Crippen LogP contribution in [0, 0.1) is 6.92 Å². The summed E-state index contributed by atoms with van der Waals surface area (Å²) in [4.78, 5) is 12.1. The Hall–Kier alpha value is -4.56. The number of nitrogens with zero attached hydrogens (tertiary/aromatic N) is 7. The van der Waals surface area contributed by atoms with Gasteiger partial charge in [0.1, 0.15) is 5.69 Å². The van der Waals surface area contributed by atoms with Gasteiger partial charge in [0.05, 0.1) is 28.8 Å². The quantitative estimate of drug-likeness (QED) is 0.377. The van der Waals surface area contributed by atoms with Crippen LogP contribution in [0.4, 0.5) is 5.69 Å². The summed E-state index contributed by atoms with van der Waals surface area (Å²) in [6.07, 6.45) is 3.84. The van der Waals surface area contributed by atoms with E-state index in [4.69, 9.17) is 15.1 Å². The fourth-order valence-electron chi connectivity index (χ4n) is 5.32. The maximum Gasteiger partial charge on any atom is 0.154 e. The summed E-state index contributed by atoms with van der Waals surface area (Å²) in [5.74, 6) is 0. The van der Waals surface area contributed by atoms with Gasteiger partial charge in [0.15, 0.2) is 5.65 Å². The summed E-state index contributed by atoms with van der Waals surface area (Å²) in [5, 5.41) is 14.1. The molecule has 0 aliphatic carbocycles. The van der Waals surface area contributed by atoms with Crippen molar-refractivity contribution in [3.8, 4) is 33.8 Å². The van der Waals surface area contributed by atoms with Crippen molar-refractivity contribution in [1.82, 2.24) is 34.7 Å². The number of hydrogen-bond donors (Lipinski definition) is 1. The van der Waals surface area contributed by atoms with Crippen LogP contribution in [0.5, 0.6) is 0 Å². The molecule has 1 aliphatic rings.